The van der Waals surface area contributed by atoms with Gasteiger partial charge < -0.3 is 42.3 Å². The molecule has 0 spiro atoms. The van der Waals surface area contributed by atoms with E-state index in [1.54, 1.807) is 13.2 Å². The quantitative estimate of drug-likeness (QED) is 0.0191. The van der Waals surface area contributed by atoms with Gasteiger partial charge in [0.2, 0.25) is 5.79 Å². The van der Waals surface area contributed by atoms with E-state index in [0.29, 0.717) is 25.2 Å². The molecule has 11 nitrogen and oxygen atoms in total. The lowest BCUT2D eigenvalue weighted by Gasteiger charge is -2.53. The SMILES string of the molecule is CCCC=CC=CC(=O)OC1C(=CC(=O)OC)CC(C[C@@H](OCc2ccc(OC)cc2)[C@@H](C)OCOCc2ccccc2)OC1(OC)C(C)(C)C=CCO[Si](C)(C)C(C)(C)C. The Kier molecular flexibility index (Phi) is 20.8. The van der Waals surface area contributed by atoms with E-state index in [-0.39, 0.29) is 24.9 Å². The molecule has 0 amide bonds. The van der Waals surface area contributed by atoms with Crippen LogP contribution in [-0.2, 0) is 60.4 Å². The highest BCUT2D eigenvalue weighted by Gasteiger charge is 2.59. The molecule has 0 bridgehead atoms. The molecular weight excluding hydrogens is 793 g/mol. The molecule has 0 aliphatic carbocycles. The van der Waals surface area contributed by atoms with Gasteiger partial charge in [0.1, 0.15) is 12.5 Å². The molecule has 1 heterocycles. The number of hydrogen-bond acceptors (Lipinski definition) is 11. The van der Waals surface area contributed by atoms with E-state index < -0.39 is 55.9 Å². The zero-order valence-corrected chi connectivity index (χ0v) is 39.7. The van der Waals surface area contributed by atoms with E-state index in [4.69, 9.17) is 42.3 Å². The van der Waals surface area contributed by atoms with E-state index >= 15 is 0 Å². The zero-order valence-electron chi connectivity index (χ0n) is 38.7. The summed E-state index contributed by atoms with van der Waals surface area (Å²) in [6.45, 7) is 20.0. The highest BCUT2D eigenvalue weighted by atomic mass is 28.4. The summed E-state index contributed by atoms with van der Waals surface area (Å²) in [7, 11) is 2.40. The Hall–Kier alpha value is -3.88. The average molecular weight is 865 g/mol. The lowest BCUT2D eigenvalue weighted by atomic mass is 9.74. The van der Waals surface area contributed by atoms with E-state index in [0.717, 1.165) is 29.7 Å². The van der Waals surface area contributed by atoms with Crippen LogP contribution in [0.1, 0.15) is 85.3 Å². The molecule has 3 unspecified atom stereocenters. The summed E-state index contributed by atoms with van der Waals surface area (Å²) in [5.74, 6) is -2.11. The minimum absolute atomic E-state index is 0.0246. The van der Waals surface area contributed by atoms with Crippen LogP contribution < -0.4 is 4.74 Å². The van der Waals surface area contributed by atoms with Gasteiger partial charge in [0.15, 0.2) is 14.4 Å². The molecule has 0 saturated carbocycles. The molecule has 5 atom stereocenters. The summed E-state index contributed by atoms with van der Waals surface area (Å²) < 4.78 is 55.5. The van der Waals surface area contributed by atoms with Gasteiger partial charge in [-0.3, -0.25) is 0 Å². The molecule has 0 N–H and O–H groups in total. The van der Waals surface area contributed by atoms with Gasteiger partial charge in [0.25, 0.3) is 0 Å². The topological polar surface area (TPSA) is 117 Å². The van der Waals surface area contributed by atoms with Crippen LogP contribution in [0.3, 0.4) is 0 Å². The number of esters is 2. The molecule has 3 rings (SSSR count). The van der Waals surface area contributed by atoms with Crippen LogP contribution in [-0.4, -0.2) is 85.2 Å². The van der Waals surface area contributed by atoms with Crippen molar-refractivity contribution in [2.75, 3.05) is 34.7 Å². The predicted octanol–water partition coefficient (Wildman–Crippen LogP) is 10.2. The van der Waals surface area contributed by atoms with Crippen molar-refractivity contribution in [2.45, 2.75) is 136 Å². The Labute approximate surface area is 366 Å². The molecule has 1 saturated heterocycles. The molecule has 1 aliphatic rings. The molecule has 1 aliphatic heterocycles. The summed E-state index contributed by atoms with van der Waals surface area (Å²) in [5.41, 5.74) is 1.48. The molecule has 12 heteroatoms. The van der Waals surface area contributed by atoms with E-state index in [2.05, 4.69) is 40.8 Å². The number of allylic oxidation sites excluding steroid dienone is 3. The van der Waals surface area contributed by atoms with Crippen LogP contribution in [0.4, 0.5) is 0 Å². The van der Waals surface area contributed by atoms with Crippen LogP contribution in [0.25, 0.3) is 0 Å². The molecule has 338 valence electrons. The second-order valence-electron chi connectivity index (χ2n) is 17.4. The molecule has 1 fully saturated rings. The van der Waals surface area contributed by atoms with Crippen LogP contribution in [0.15, 0.2) is 103 Å². The van der Waals surface area contributed by atoms with Gasteiger partial charge in [-0.15, -0.1) is 0 Å². The Morgan fingerprint density at radius 2 is 1.59 bits per heavy atom. The first-order valence-electron chi connectivity index (χ1n) is 21.3. The number of rotatable bonds is 24. The van der Waals surface area contributed by atoms with Gasteiger partial charge in [0.05, 0.1) is 52.4 Å². The fraction of sp³-hybridized carbons (Fsp3) is 0.551. The van der Waals surface area contributed by atoms with Gasteiger partial charge in [0, 0.05) is 31.1 Å². The Morgan fingerprint density at radius 1 is 0.902 bits per heavy atom. The summed E-state index contributed by atoms with van der Waals surface area (Å²) in [5, 5.41) is 0.0246. The number of benzene rings is 2. The Morgan fingerprint density at radius 3 is 2.21 bits per heavy atom. The van der Waals surface area contributed by atoms with Crippen molar-refractivity contribution in [3.8, 4) is 5.75 Å². The first-order chi connectivity index (χ1) is 28.9. The lowest BCUT2D eigenvalue weighted by Crippen LogP contribution is -2.63. The van der Waals surface area contributed by atoms with Gasteiger partial charge in [-0.25, -0.2) is 9.59 Å². The third-order valence-electron chi connectivity index (χ3n) is 11.4. The van der Waals surface area contributed by atoms with E-state index in [9.17, 15) is 9.59 Å². The molecule has 2 aromatic carbocycles. The molecule has 2 aromatic rings. The van der Waals surface area contributed by atoms with E-state index in [1.165, 1.54) is 26.4 Å². The largest absolute Gasteiger partial charge is 0.497 e. The van der Waals surface area contributed by atoms with Crippen molar-refractivity contribution in [3.63, 3.8) is 0 Å². The molecular formula is C49H72O11Si. The van der Waals surface area contributed by atoms with Crippen molar-refractivity contribution in [1.82, 2.24) is 0 Å². The number of carbonyl (C=O) groups is 2. The van der Waals surface area contributed by atoms with Crippen LogP contribution >= 0.6 is 0 Å². The molecule has 0 radical (unpaired) electrons. The fourth-order valence-corrected chi connectivity index (χ4v) is 7.59. The van der Waals surface area contributed by atoms with Crippen molar-refractivity contribution < 1.29 is 51.9 Å². The predicted molar refractivity (Wildman–Crippen MR) is 241 cm³/mol. The second-order valence-corrected chi connectivity index (χ2v) is 22.2. The Balaban J connectivity index is 2.04. The number of hydrogen-bond donors (Lipinski definition) is 0. The summed E-state index contributed by atoms with van der Waals surface area (Å²) in [6.07, 6.45) is 11.7. The second kappa shape index (κ2) is 24.7. The number of unbranched alkanes of at least 4 members (excludes halogenated alkanes) is 1. The number of carbonyl (C=O) groups excluding carboxylic acids is 2. The highest BCUT2D eigenvalue weighted by Crippen LogP contribution is 2.49. The van der Waals surface area contributed by atoms with Crippen LogP contribution in [0, 0.1) is 5.41 Å². The smallest absolute Gasteiger partial charge is 0.331 e. The summed E-state index contributed by atoms with van der Waals surface area (Å²) in [6, 6.07) is 17.6. The monoisotopic (exact) mass is 864 g/mol. The van der Waals surface area contributed by atoms with Crippen molar-refractivity contribution >= 4 is 20.3 Å². The zero-order chi connectivity index (χ0) is 45.1. The normalized spacial score (nSPS) is 20.7. The van der Waals surface area contributed by atoms with Gasteiger partial charge >= 0.3 is 11.9 Å². The average Bonchev–Trinajstić information content (AvgIpc) is 3.23. The van der Waals surface area contributed by atoms with Crippen molar-refractivity contribution in [1.29, 1.82) is 0 Å². The molecule has 0 aromatic heterocycles. The fourth-order valence-electron chi connectivity index (χ4n) is 6.64. The maximum Gasteiger partial charge on any atom is 0.331 e. The first-order valence-corrected chi connectivity index (χ1v) is 24.2. The third kappa shape index (κ3) is 15.8. The third-order valence-corrected chi connectivity index (χ3v) is 15.9. The summed E-state index contributed by atoms with van der Waals surface area (Å²) >= 11 is 0. The maximum absolute atomic E-state index is 13.6. The van der Waals surface area contributed by atoms with Crippen LogP contribution in [0.5, 0.6) is 5.75 Å². The van der Waals surface area contributed by atoms with E-state index in [1.807, 2.05) is 99.7 Å². The summed E-state index contributed by atoms with van der Waals surface area (Å²) in [4.78, 5) is 26.6. The van der Waals surface area contributed by atoms with Gasteiger partial charge in [-0.05, 0) is 66.7 Å². The lowest BCUT2D eigenvalue weighted by molar-refractivity contribution is -0.338. The molecule has 61 heavy (non-hydrogen) atoms. The minimum atomic E-state index is -2.06. The minimum Gasteiger partial charge on any atom is -0.497 e. The van der Waals surface area contributed by atoms with Gasteiger partial charge in [-0.1, -0.05) is 121 Å². The van der Waals surface area contributed by atoms with Crippen molar-refractivity contribution in [3.05, 3.63) is 114 Å². The number of methoxy groups -OCH3 is 3. The van der Waals surface area contributed by atoms with Gasteiger partial charge in [-0.2, -0.15) is 0 Å². The van der Waals surface area contributed by atoms with Crippen LogP contribution in [0.2, 0.25) is 18.1 Å². The standard InChI is InChI=1S/C49H72O11Si/c1-13-14-15-16-20-24-44(50)59-46-40(32-45(51)53-9)31-42(60-49(46,54-10)48(6,7)29-21-30-58-61(11,12)47(3,4)5)33-43(56-35-39-25-27-41(52-8)28-26-39)37(2)57-36-55-34-38-22-18-17-19-23-38/h15-29,32,37,42-43,46H,13-14,30-31,33-36H2,1-12H3/t37-,42?,43-,46?,49?/m1/s1. The maximum atomic E-state index is 13.6. The first kappa shape index (κ1) is 51.5. The highest BCUT2D eigenvalue weighted by molar-refractivity contribution is 6.74. The van der Waals surface area contributed by atoms with Crippen molar-refractivity contribution in [2.24, 2.45) is 5.41 Å². The number of ether oxygens (including phenoxy) is 8. The Bertz CT molecular complexity index is 1740.